The summed E-state index contributed by atoms with van der Waals surface area (Å²) in [6.45, 7) is 2.31. The number of hydrogen-bond acceptors (Lipinski definition) is 6. The van der Waals surface area contributed by atoms with E-state index in [1.807, 2.05) is 0 Å². The van der Waals surface area contributed by atoms with Crippen molar-refractivity contribution in [3.8, 4) is 0 Å². The van der Waals surface area contributed by atoms with E-state index in [9.17, 15) is 31.5 Å². The number of aryl methyl sites for hydroxylation is 1. The summed E-state index contributed by atoms with van der Waals surface area (Å²) >= 11 is 0. The van der Waals surface area contributed by atoms with Crippen molar-refractivity contribution < 1.29 is 41.0 Å². The molecule has 0 unspecified atom stereocenters. The highest BCUT2D eigenvalue weighted by molar-refractivity contribution is 6.04. The molecule has 4 rings (SSSR count). The van der Waals surface area contributed by atoms with E-state index in [1.54, 1.807) is 0 Å². The lowest BCUT2D eigenvalue weighted by atomic mass is 10.0. The molecule has 1 saturated heterocycles. The molecular weight excluding hydrogens is 491 g/mol. The molecule has 13 heteroatoms. The van der Waals surface area contributed by atoms with Crippen molar-refractivity contribution in [1.29, 1.82) is 0 Å². The summed E-state index contributed by atoms with van der Waals surface area (Å²) in [5, 5.41) is 4.70. The molecule has 0 spiro atoms. The molecule has 36 heavy (non-hydrogen) atoms. The summed E-state index contributed by atoms with van der Waals surface area (Å²) in [4.78, 5) is 33.8. The Morgan fingerprint density at radius 1 is 1.19 bits per heavy atom. The fourth-order valence-corrected chi connectivity index (χ4v) is 3.87. The number of ether oxygens (including phenoxy) is 2. The van der Waals surface area contributed by atoms with Gasteiger partial charge in [-0.2, -0.15) is 0 Å². The predicted molar refractivity (Wildman–Crippen MR) is 115 cm³/mol. The number of nitrogens with zero attached hydrogens (tertiary/aromatic N) is 2. The highest BCUT2D eigenvalue weighted by Crippen LogP contribution is 2.41. The normalized spacial score (nSPS) is 17.3. The van der Waals surface area contributed by atoms with Crippen LogP contribution in [0.2, 0.25) is 0 Å². The molecule has 8 nitrogen and oxygen atoms in total. The van der Waals surface area contributed by atoms with E-state index in [2.05, 4.69) is 20.6 Å². The first-order valence-electron chi connectivity index (χ1n) is 11.1. The number of rotatable bonds is 8. The lowest BCUT2D eigenvalue weighted by molar-refractivity contribution is -0.122. The monoisotopic (exact) mass is 514 g/mol. The number of aromatic nitrogens is 2. The molecule has 1 aliphatic carbocycles. The van der Waals surface area contributed by atoms with Gasteiger partial charge in [-0.05, 0) is 25.8 Å². The molecule has 0 atom stereocenters. The van der Waals surface area contributed by atoms with Gasteiger partial charge in [0.05, 0.1) is 42.0 Å². The Balaban J connectivity index is 1.66. The van der Waals surface area contributed by atoms with Crippen molar-refractivity contribution in [2.45, 2.75) is 57.3 Å². The van der Waals surface area contributed by atoms with Crippen LogP contribution in [-0.2, 0) is 26.6 Å². The molecule has 1 aliphatic heterocycles. The number of alkyl halides is 4. The quantitative estimate of drug-likeness (QED) is 0.520. The fourth-order valence-electron chi connectivity index (χ4n) is 3.87. The topological polar surface area (TPSA) is 102 Å². The maximum atomic E-state index is 14.7. The molecule has 2 aliphatic rings. The van der Waals surface area contributed by atoms with Crippen LogP contribution < -0.4 is 10.6 Å². The second-order valence-electron chi connectivity index (χ2n) is 8.74. The first-order valence-corrected chi connectivity index (χ1v) is 11.1. The third-order valence-corrected chi connectivity index (χ3v) is 5.86. The number of carbonyl (C=O) groups is 2. The van der Waals surface area contributed by atoms with Gasteiger partial charge in [0.25, 0.3) is 18.3 Å². The zero-order valence-electron chi connectivity index (χ0n) is 19.3. The van der Waals surface area contributed by atoms with Crippen LogP contribution in [0.5, 0.6) is 0 Å². The molecule has 2 aromatic rings. The summed E-state index contributed by atoms with van der Waals surface area (Å²) in [5.74, 6) is -6.83. The Morgan fingerprint density at radius 3 is 2.44 bits per heavy atom. The Labute approximate surface area is 202 Å². The lowest BCUT2D eigenvalue weighted by Crippen LogP contribution is -2.43. The average Bonchev–Trinajstić information content (AvgIpc) is 3.35. The Kier molecular flexibility index (Phi) is 6.97. The van der Waals surface area contributed by atoms with E-state index in [1.165, 1.54) is 6.92 Å². The second-order valence-corrected chi connectivity index (χ2v) is 8.74. The van der Waals surface area contributed by atoms with Crippen LogP contribution in [-0.4, -0.2) is 47.0 Å². The smallest absolute Gasteiger partial charge is 0.273 e. The van der Waals surface area contributed by atoms with Crippen molar-refractivity contribution in [3.63, 3.8) is 0 Å². The van der Waals surface area contributed by atoms with Crippen molar-refractivity contribution in [2.24, 2.45) is 0 Å². The van der Waals surface area contributed by atoms with Crippen LogP contribution >= 0.6 is 0 Å². The molecular formula is C23H23F5N4O4. The van der Waals surface area contributed by atoms with E-state index in [0.29, 0.717) is 6.92 Å². The lowest BCUT2D eigenvalue weighted by Gasteiger charge is -2.20. The van der Waals surface area contributed by atoms with Crippen molar-refractivity contribution in [1.82, 2.24) is 15.3 Å². The SMILES string of the molecule is Cc1nc(CC(=O)NC2(C(F)F)CC2)c(C2OCCO2)c(NC(=O)c2cccc(C(C)(F)F)c2F)n1. The zero-order chi connectivity index (χ0) is 26.3. The average molecular weight is 514 g/mol. The van der Waals surface area contributed by atoms with Gasteiger partial charge in [-0.15, -0.1) is 0 Å². The van der Waals surface area contributed by atoms with Gasteiger partial charge < -0.3 is 20.1 Å². The zero-order valence-corrected chi connectivity index (χ0v) is 19.3. The maximum absolute atomic E-state index is 14.7. The minimum absolute atomic E-state index is 0.0425. The summed E-state index contributed by atoms with van der Waals surface area (Å²) in [6, 6.07) is 3.02. The van der Waals surface area contributed by atoms with E-state index in [4.69, 9.17) is 9.47 Å². The molecule has 2 amide bonds. The Bertz CT molecular complexity index is 1180. The first kappa shape index (κ1) is 25.9. The first-order chi connectivity index (χ1) is 16.9. The van der Waals surface area contributed by atoms with Crippen LogP contribution in [0.1, 0.15) is 59.1 Å². The maximum Gasteiger partial charge on any atom is 0.273 e. The summed E-state index contributed by atoms with van der Waals surface area (Å²) in [7, 11) is 0. The van der Waals surface area contributed by atoms with Gasteiger partial charge in [-0.25, -0.2) is 31.9 Å². The standard InChI is InChI=1S/C23H23F5N4O4/c1-11-29-14(10-15(33)32-23(6-7-23)21(25)26)16(20-35-8-9-36-20)18(30-11)31-19(34)12-4-3-5-13(17(12)24)22(2,27)28/h3-5,20-21H,6-10H2,1-2H3,(H,32,33)(H,29,30,31,34). The molecule has 1 aromatic heterocycles. The van der Waals surface area contributed by atoms with Crippen LogP contribution in [0, 0.1) is 12.7 Å². The van der Waals surface area contributed by atoms with Gasteiger partial charge in [0, 0.05) is 6.92 Å². The van der Waals surface area contributed by atoms with Crippen molar-refractivity contribution >= 4 is 17.6 Å². The van der Waals surface area contributed by atoms with E-state index < -0.39 is 59.4 Å². The Morgan fingerprint density at radius 2 is 1.86 bits per heavy atom. The van der Waals surface area contributed by atoms with Crippen LogP contribution in [0.3, 0.4) is 0 Å². The largest absolute Gasteiger partial charge is 0.346 e. The van der Waals surface area contributed by atoms with Gasteiger partial charge in [0.15, 0.2) is 6.29 Å². The molecule has 0 radical (unpaired) electrons. The number of halogens is 5. The molecule has 0 bridgehead atoms. The number of amides is 2. The summed E-state index contributed by atoms with van der Waals surface area (Å²) in [6.07, 6.45) is -4.01. The molecule has 194 valence electrons. The minimum Gasteiger partial charge on any atom is -0.346 e. The number of carbonyl (C=O) groups excluding carboxylic acids is 2. The van der Waals surface area contributed by atoms with E-state index >= 15 is 0 Å². The molecule has 2 fully saturated rings. The fraction of sp³-hybridized carbons (Fsp3) is 0.478. The Hall–Kier alpha value is -3.19. The summed E-state index contributed by atoms with van der Waals surface area (Å²) < 4.78 is 79.7. The van der Waals surface area contributed by atoms with Crippen LogP contribution in [0.15, 0.2) is 18.2 Å². The highest BCUT2D eigenvalue weighted by atomic mass is 19.3. The molecule has 1 saturated carbocycles. The van der Waals surface area contributed by atoms with Gasteiger partial charge >= 0.3 is 0 Å². The number of hydrogen-bond donors (Lipinski definition) is 2. The third kappa shape index (κ3) is 5.31. The van der Waals surface area contributed by atoms with E-state index in [0.717, 1.165) is 18.2 Å². The van der Waals surface area contributed by atoms with Crippen molar-refractivity contribution in [2.75, 3.05) is 18.5 Å². The minimum atomic E-state index is -3.53. The van der Waals surface area contributed by atoms with Crippen molar-refractivity contribution in [3.05, 3.63) is 52.2 Å². The van der Waals surface area contributed by atoms with Gasteiger partial charge in [0.2, 0.25) is 5.91 Å². The third-order valence-electron chi connectivity index (χ3n) is 5.86. The van der Waals surface area contributed by atoms with Gasteiger partial charge in [0.1, 0.15) is 23.0 Å². The predicted octanol–water partition coefficient (Wildman–Crippen LogP) is 3.79. The van der Waals surface area contributed by atoms with Crippen LogP contribution in [0.25, 0.3) is 0 Å². The van der Waals surface area contributed by atoms with E-state index in [-0.39, 0.29) is 49.0 Å². The highest BCUT2D eigenvalue weighted by Gasteiger charge is 2.52. The number of nitrogens with one attached hydrogen (secondary N) is 2. The molecule has 1 aromatic carbocycles. The number of anilines is 1. The second kappa shape index (κ2) is 9.69. The molecule has 2 N–H and O–H groups in total. The van der Waals surface area contributed by atoms with Gasteiger partial charge in [-0.1, -0.05) is 12.1 Å². The molecule has 2 heterocycles. The number of benzene rings is 1. The van der Waals surface area contributed by atoms with Crippen LogP contribution in [0.4, 0.5) is 27.8 Å². The van der Waals surface area contributed by atoms with Gasteiger partial charge in [-0.3, -0.25) is 9.59 Å². The summed E-state index contributed by atoms with van der Waals surface area (Å²) in [5.41, 5.74) is -3.10.